The summed E-state index contributed by atoms with van der Waals surface area (Å²) in [6.07, 6.45) is 0.658. The second-order valence-electron chi connectivity index (χ2n) is 5.96. The Hall–Kier alpha value is -0.860. The van der Waals surface area contributed by atoms with Gasteiger partial charge in [0.25, 0.3) is 0 Å². The standard InChI is InChI=1S/C14H28N4O3S/c1-3-15-14(17-13-4-9-22(19,20)11-13)16-10-12(2)18-5-7-21-8-6-18/h12-13H,3-11H2,1-2H3,(H2,15,16,17). The van der Waals surface area contributed by atoms with E-state index in [0.717, 1.165) is 32.8 Å². The Balaban J connectivity index is 1.86. The van der Waals surface area contributed by atoms with Gasteiger partial charge in [-0.2, -0.15) is 0 Å². The number of sulfone groups is 1. The van der Waals surface area contributed by atoms with Crippen molar-refractivity contribution in [1.29, 1.82) is 0 Å². The molecule has 0 bridgehead atoms. The minimum Gasteiger partial charge on any atom is -0.379 e. The number of hydrogen-bond acceptors (Lipinski definition) is 5. The molecular weight excluding hydrogens is 304 g/mol. The van der Waals surface area contributed by atoms with E-state index in [1.54, 1.807) is 0 Å². The predicted molar refractivity (Wildman–Crippen MR) is 88.0 cm³/mol. The smallest absolute Gasteiger partial charge is 0.191 e. The predicted octanol–water partition coefficient (Wildman–Crippen LogP) is -0.551. The minimum atomic E-state index is -2.87. The van der Waals surface area contributed by atoms with Gasteiger partial charge in [0.05, 0.1) is 31.3 Å². The second-order valence-corrected chi connectivity index (χ2v) is 8.19. The van der Waals surface area contributed by atoms with Gasteiger partial charge in [0, 0.05) is 31.7 Å². The van der Waals surface area contributed by atoms with Crippen LogP contribution < -0.4 is 10.6 Å². The van der Waals surface area contributed by atoms with Crippen molar-refractivity contribution in [3.8, 4) is 0 Å². The molecule has 2 unspecified atom stereocenters. The first-order chi connectivity index (χ1) is 10.5. The summed E-state index contributed by atoms with van der Waals surface area (Å²) in [4.78, 5) is 6.99. The van der Waals surface area contributed by atoms with Crippen molar-refractivity contribution in [1.82, 2.24) is 15.5 Å². The summed E-state index contributed by atoms with van der Waals surface area (Å²) in [5.41, 5.74) is 0. The lowest BCUT2D eigenvalue weighted by atomic mass is 10.2. The number of hydrogen-bond donors (Lipinski definition) is 2. The number of guanidine groups is 1. The molecule has 8 heteroatoms. The van der Waals surface area contributed by atoms with E-state index in [0.29, 0.717) is 25.0 Å². The van der Waals surface area contributed by atoms with E-state index in [9.17, 15) is 8.42 Å². The van der Waals surface area contributed by atoms with Gasteiger partial charge in [0.2, 0.25) is 0 Å². The van der Waals surface area contributed by atoms with Crippen molar-refractivity contribution in [2.75, 3.05) is 50.9 Å². The summed E-state index contributed by atoms with van der Waals surface area (Å²) in [6, 6.07) is 0.327. The summed E-state index contributed by atoms with van der Waals surface area (Å²) >= 11 is 0. The first-order valence-electron chi connectivity index (χ1n) is 8.07. The summed E-state index contributed by atoms with van der Waals surface area (Å²) in [5, 5.41) is 6.44. The zero-order valence-corrected chi connectivity index (χ0v) is 14.4. The third kappa shape index (κ3) is 5.40. The van der Waals surface area contributed by atoms with Gasteiger partial charge in [-0.25, -0.2) is 8.42 Å². The van der Waals surface area contributed by atoms with Gasteiger partial charge in [0.15, 0.2) is 15.8 Å². The summed E-state index contributed by atoms with van der Waals surface area (Å²) in [7, 11) is -2.87. The van der Waals surface area contributed by atoms with Crippen molar-refractivity contribution in [3.63, 3.8) is 0 Å². The van der Waals surface area contributed by atoms with Crippen LogP contribution in [-0.4, -0.2) is 82.3 Å². The molecule has 0 spiro atoms. The Morgan fingerprint density at radius 1 is 1.41 bits per heavy atom. The maximum absolute atomic E-state index is 11.5. The Bertz CT molecular complexity index is 474. The van der Waals surface area contributed by atoms with Crippen LogP contribution in [0.25, 0.3) is 0 Å². The van der Waals surface area contributed by atoms with Gasteiger partial charge >= 0.3 is 0 Å². The molecule has 0 aromatic heterocycles. The van der Waals surface area contributed by atoms with Gasteiger partial charge in [-0.3, -0.25) is 9.89 Å². The van der Waals surface area contributed by atoms with Crippen LogP contribution >= 0.6 is 0 Å². The zero-order chi connectivity index (χ0) is 16.0. The van der Waals surface area contributed by atoms with E-state index in [1.165, 1.54) is 0 Å². The van der Waals surface area contributed by atoms with Crippen molar-refractivity contribution >= 4 is 15.8 Å². The molecule has 0 radical (unpaired) electrons. The number of nitrogens with one attached hydrogen (secondary N) is 2. The maximum Gasteiger partial charge on any atom is 0.191 e. The number of ether oxygens (including phenoxy) is 1. The Morgan fingerprint density at radius 2 is 2.14 bits per heavy atom. The summed E-state index contributed by atoms with van der Waals surface area (Å²) < 4.78 is 28.4. The summed E-state index contributed by atoms with van der Waals surface area (Å²) in [6.45, 7) is 9.08. The van der Waals surface area contributed by atoms with E-state index >= 15 is 0 Å². The number of aliphatic imine (C=N–C) groups is 1. The average molecular weight is 332 g/mol. The lowest BCUT2D eigenvalue weighted by Crippen LogP contribution is -2.46. The van der Waals surface area contributed by atoms with Crippen LogP contribution in [0, 0.1) is 0 Å². The molecule has 2 aliphatic rings. The molecular formula is C14H28N4O3S. The van der Waals surface area contributed by atoms with Crippen LogP contribution in [0.4, 0.5) is 0 Å². The molecule has 0 aliphatic carbocycles. The normalized spacial score (nSPS) is 27.5. The lowest BCUT2D eigenvalue weighted by molar-refractivity contribution is 0.0220. The summed E-state index contributed by atoms with van der Waals surface area (Å²) in [5.74, 6) is 1.19. The molecule has 2 aliphatic heterocycles. The molecule has 7 nitrogen and oxygen atoms in total. The fourth-order valence-corrected chi connectivity index (χ4v) is 4.45. The maximum atomic E-state index is 11.5. The molecule has 2 rings (SSSR count). The van der Waals surface area contributed by atoms with Gasteiger partial charge in [-0.1, -0.05) is 0 Å². The van der Waals surface area contributed by atoms with Crippen LogP contribution in [0.1, 0.15) is 20.3 Å². The topological polar surface area (TPSA) is 83.0 Å². The quantitative estimate of drug-likeness (QED) is 0.519. The van der Waals surface area contributed by atoms with E-state index in [1.807, 2.05) is 6.92 Å². The minimum absolute atomic E-state index is 0.0264. The highest BCUT2D eigenvalue weighted by Gasteiger charge is 2.28. The Morgan fingerprint density at radius 3 is 2.73 bits per heavy atom. The molecule has 0 amide bonds. The third-order valence-electron chi connectivity index (χ3n) is 4.10. The molecule has 128 valence electrons. The van der Waals surface area contributed by atoms with Gasteiger partial charge in [-0.15, -0.1) is 0 Å². The molecule has 2 N–H and O–H groups in total. The van der Waals surface area contributed by atoms with Gasteiger partial charge < -0.3 is 15.4 Å². The van der Waals surface area contributed by atoms with E-state index in [-0.39, 0.29) is 17.5 Å². The fraction of sp³-hybridized carbons (Fsp3) is 0.929. The van der Waals surface area contributed by atoms with E-state index in [4.69, 9.17) is 4.74 Å². The first kappa shape index (κ1) is 17.5. The number of morpholine rings is 1. The van der Waals surface area contributed by atoms with Gasteiger partial charge in [-0.05, 0) is 20.3 Å². The molecule has 2 atom stereocenters. The molecule has 0 saturated carbocycles. The van der Waals surface area contributed by atoms with Crippen LogP contribution in [0.2, 0.25) is 0 Å². The SMILES string of the molecule is CCNC(=NCC(C)N1CCOCC1)NC1CCS(=O)(=O)C1. The highest BCUT2D eigenvalue weighted by Crippen LogP contribution is 2.11. The highest BCUT2D eigenvalue weighted by molar-refractivity contribution is 7.91. The van der Waals surface area contributed by atoms with Crippen molar-refractivity contribution in [2.24, 2.45) is 4.99 Å². The molecule has 2 saturated heterocycles. The van der Waals surface area contributed by atoms with Crippen molar-refractivity contribution in [2.45, 2.75) is 32.4 Å². The fourth-order valence-electron chi connectivity index (χ4n) is 2.78. The highest BCUT2D eigenvalue weighted by atomic mass is 32.2. The van der Waals surface area contributed by atoms with E-state index < -0.39 is 9.84 Å². The second kappa shape index (κ2) is 8.12. The monoisotopic (exact) mass is 332 g/mol. The van der Waals surface area contributed by atoms with Crippen LogP contribution in [-0.2, 0) is 14.6 Å². The van der Waals surface area contributed by atoms with Crippen molar-refractivity contribution in [3.05, 3.63) is 0 Å². The Labute approximate surface area is 133 Å². The van der Waals surface area contributed by atoms with Gasteiger partial charge in [0.1, 0.15) is 0 Å². The molecule has 22 heavy (non-hydrogen) atoms. The third-order valence-corrected chi connectivity index (χ3v) is 5.87. The molecule has 2 heterocycles. The zero-order valence-electron chi connectivity index (χ0n) is 13.5. The first-order valence-corrected chi connectivity index (χ1v) is 9.89. The Kier molecular flexibility index (Phi) is 6.46. The average Bonchev–Trinajstić information content (AvgIpc) is 2.84. The van der Waals surface area contributed by atoms with Crippen LogP contribution in [0.5, 0.6) is 0 Å². The van der Waals surface area contributed by atoms with Crippen LogP contribution in [0.3, 0.4) is 0 Å². The molecule has 2 fully saturated rings. The molecule has 0 aromatic carbocycles. The largest absolute Gasteiger partial charge is 0.379 e. The lowest BCUT2D eigenvalue weighted by Gasteiger charge is -2.31. The number of rotatable bonds is 5. The van der Waals surface area contributed by atoms with Crippen LogP contribution in [0.15, 0.2) is 4.99 Å². The van der Waals surface area contributed by atoms with E-state index in [2.05, 4.69) is 27.4 Å². The van der Waals surface area contributed by atoms with Crippen molar-refractivity contribution < 1.29 is 13.2 Å². The number of nitrogens with zero attached hydrogens (tertiary/aromatic N) is 2. The molecule has 0 aromatic rings.